The minimum absolute atomic E-state index is 0.378. The monoisotopic (exact) mass is 272 g/mol. The second kappa shape index (κ2) is 6.58. The zero-order valence-electron chi connectivity index (χ0n) is 11.1. The second-order valence-corrected chi connectivity index (χ2v) is 4.11. The molecule has 20 heavy (non-hydrogen) atoms. The van der Waals surface area contributed by atoms with E-state index in [1.807, 2.05) is 30.3 Å². The van der Waals surface area contributed by atoms with Gasteiger partial charge < -0.3 is 9.47 Å². The maximum Gasteiger partial charge on any atom is 0.265 e. The van der Waals surface area contributed by atoms with Crippen molar-refractivity contribution in [3.05, 3.63) is 59.7 Å². The van der Waals surface area contributed by atoms with Crippen molar-refractivity contribution in [1.82, 2.24) is 5.43 Å². The van der Waals surface area contributed by atoms with Crippen molar-refractivity contribution in [3.8, 4) is 11.5 Å². The van der Waals surface area contributed by atoms with Crippen LogP contribution in [0.4, 0.5) is 0 Å². The number of hydrogen-bond acceptors (Lipinski definition) is 4. The van der Waals surface area contributed by atoms with Crippen molar-refractivity contribution < 1.29 is 14.3 Å². The van der Waals surface area contributed by atoms with Crippen LogP contribution >= 0.6 is 0 Å². The molecule has 2 aromatic carbocycles. The van der Waals surface area contributed by atoms with Gasteiger partial charge in [0.1, 0.15) is 6.61 Å². The zero-order chi connectivity index (χ0) is 14.4. The van der Waals surface area contributed by atoms with Crippen molar-refractivity contribution in [3.63, 3.8) is 0 Å². The number of hydrogen-bond donors (Lipinski definition) is 2. The quantitative estimate of drug-likeness (QED) is 0.495. The number of methoxy groups -OCH3 is 1. The van der Waals surface area contributed by atoms with Gasteiger partial charge in [-0.1, -0.05) is 30.3 Å². The molecule has 0 aliphatic carbocycles. The fraction of sp³-hybridized carbons (Fsp3) is 0.133. The number of rotatable bonds is 5. The summed E-state index contributed by atoms with van der Waals surface area (Å²) in [5.74, 6) is 5.80. The first kappa shape index (κ1) is 13.9. The average molecular weight is 272 g/mol. The summed E-state index contributed by atoms with van der Waals surface area (Å²) in [7, 11) is 1.55. The van der Waals surface area contributed by atoms with Crippen LogP contribution in [0.25, 0.3) is 0 Å². The number of nitrogens with two attached hydrogens (primary N) is 1. The maximum atomic E-state index is 11.5. The number of nitrogens with one attached hydrogen (secondary N) is 1. The molecule has 3 N–H and O–H groups in total. The molecule has 1 amide bonds. The number of hydrazine groups is 1. The van der Waals surface area contributed by atoms with Crippen LogP contribution in [0.2, 0.25) is 0 Å². The molecule has 2 rings (SSSR count). The molecule has 0 aliphatic heterocycles. The molecule has 0 saturated heterocycles. The number of carbonyl (C=O) groups excluding carboxylic acids is 1. The van der Waals surface area contributed by atoms with Gasteiger partial charge in [-0.05, 0) is 23.8 Å². The highest BCUT2D eigenvalue weighted by molar-refractivity contribution is 5.94. The molecule has 0 aromatic heterocycles. The van der Waals surface area contributed by atoms with Crippen molar-refractivity contribution in [2.75, 3.05) is 7.11 Å². The van der Waals surface area contributed by atoms with Gasteiger partial charge in [0.25, 0.3) is 5.91 Å². The first-order chi connectivity index (χ1) is 9.74. The highest BCUT2D eigenvalue weighted by Crippen LogP contribution is 2.28. The van der Waals surface area contributed by atoms with E-state index in [4.69, 9.17) is 15.3 Å². The number of nitrogen functional groups attached to an aromatic ring is 1. The van der Waals surface area contributed by atoms with Crippen molar-refractivity contribution >= 4 is 5.91 Å². The fourth-order valence-corrected chi connectivity index (χ4v) is 1.75. The minimum atomic E-state index is -0.378. The molecule has 0 heterocycles. The summed E-state index contributed by atoms with van der Waals surface area (Å²) in [4.78, 5) is 11.5. The fourth-order valence-electron chi connectivity index (χ4n) is 1.75. The van der Waals surface area contributed by atoms with Gasteiger partial charge in [-0.3, -0.25) is 10.2 Å². The molecule has 0 bridgehead atoms. The van der Waals surface area contributed by atoms with Crippen LogP contribution in [0.5, 0.6) is 11.5 Å². The van der Waals surface area contributed by atoms with Crippen molar-refractivity contribution in [2.45, 2.75) is 6.61 Å². The first-order valence-electron chi connectivity index (χ1n) is 6.10. The molecule has 0 fully saturated rings. The Morgan fingerprint density at radius 1 is 1.15 bits per heavy atom. The zero-order valence-corrected chi connectivity index (χ0v) is 11.1. The Morgan fingerprint density at radius 2 is 1.90 bits per heavy atom. The molecule has 5 nitrogen and oxygen atoms in total. The summed E-state index contributed by atoms with van der Waals surface area (Å²) in [6, 6.07) is 14.6. The van der Waals surface area contributed by atoms with Crippen LogP contribution in [0.3, 0.4) is 0 Å². The normalized spacial score (nSPS) is 9.90. The molecule has 0 spiro atoms. The molecule has 104 valence electrons. The summed E-state index contributed by atoms with van der Waals surface area (Å²) >= 11 is 0. The van der Waals surface area contributed by atoms with Gasteiger partial charge in [0.2, 0.25) is 0 Å². The van der Waals surface area contributed by atoms with Crippen molar-refractivity contribution in [2.24, 2.45) is 5.84 Å². The second-order valence-electron chi connectivity index (χ2n) is 4.11. The molecule has 0 atom stereocenters. The average Bonchev–Trinajstić information content (AvgIpc) is 2.52. The topological polar surface area (TPSA) is 73.6 Å². The Kier molecular flexibility index (Phi) is 4.57. The van der Waals surface area contributed by atoms with E-state index in [1.54, 1.807) is 25.3 Å². The van der Waals surface area contributed by atoms with Crippen LogP contribution < -0.4 is 20.7 Å². The Balaban J connectivity index is 2.18. The first-order valence-corrected chi connectivity index (χ1v) is 6.10. The lowest BCUT2D eigenvalue weighted by atomic mass is 10.2. The molecule has 0 radical (unpaired) electrons. The van der Waals surface area contributed by atoms with Gasteiger partial charge in [-0.25, -0.2) is 5.84 Å². The molecular weight excluding hydrogens is 256 g/mol. The number of benzene rings is 2. The Hall–Kier alpha value is -2.53. The minimum Gasteiger partial charge on any atom is -0.493 e. The van der Waals surface area contributed by atoms with Crippen LogP contribution in [0.15, 0.2) is 48.5 Å². The molecule has 2 aromatic rings. The predicted molar refractivity (Wildman–Crippen MR) is 75.4 cm³/mol. The van der Waals surface area contributed by atoms with Gasteiger partial charge in [0.15, 0.2) is 11.5 Å². The van der Waals surface area contributed by atoms with E-state index in [0.717, 1.165) is 5.56 Å². The number of ether oxygens (including phenoxy) is 2. The lowest BCUT2D eigenvalue weighted by Crippen LogP contribution is -2.29. The van der Waals surface area contributed by atoms with Gasteiger partial charge >= 0.3 is 0 Å². The smallest absolute Gasteiger partial charge is 0.265 e. The van der Waals surface area contributed by atoms with Crippen LogP contribution in [-0.2, 0) is 6.61 Å². The van der Waals surface area contributed by atoms with E-state index < -0.39 is 0 Å². The number of carbonyl (C=O) groups is 1. The van der Waals surface area contributed by atoms with Gasteiger partial charge in [-0.15, -0.1) is 0 Å². The Bertz CT molecular complexity index is 585. The van der Waals surface area contributed by atoms with E-state index >= 15 is 0 Å². The highest BCUT2D eigenvalue weighted by atomic mass is 16.5. The van der Waals surface area contributed by atoms with E-state index in [9.17, 15) is 4.79 Å². The molecular formula is C15H16N2O3. The van der Waals surface area contributed by atoms with E-state index in [2.05, 4.69) is 5.43 Å². The summed E-state index contributed by atoms with van der Waals surface area (Å²) in [6.45, 7) is 0.394. The highest BCUT2D eigenvalue weighted by Gasteiger charge is 2.10. The predicted octanol–water partition coefficient (Wildman–Crippen LogP) is 1.88. The largest absolute Gasteiger partial charge is 0.493 e. The molecule has 0 saturated carbocycles. The maximum absolute atomic E-state index is 11.5. The number of amides is 1. The lowest BCUT2D eigenvalue weighted by Gasteiger charge is -2.12. The van der Waals surface area contributed by atoms with Gasteiger partial charge in [0.05, 0.1) is 7.11 Å². The Labute approximate surface area is 117 Å². The molecule has 0 unspecified atom stereocenters. The van der Waals surface area contributed by atoms with Crippen molar-refractivity contribution in [1.29, 1.82) is 0 Å². The molecule has 0 aliphatic rings. The Morgan fingerprint density at radius 3 is 2.55 bits per heavy atom. The third-order valence-electron chi connectivity index (χ3n) is 2.79. The third kappa shape index (κ3) is 3.27. The van der Waals surface area contributed by atoms with E-state index in [0.29, 0.717) is 23.7 Å². The third-order valence-corrected chi connectivity index (χ3v) is 2.79. The summed E-state index contributed by atoms with van der Waals surface area (Å²) in [6.07, 6.45) is 0. The summed E-state index contributed by atoms with van der Waals surface area (Å²) < 4.78 is 10.9. The lowest BCUT2D eigenvalue weighted by molar-refractivity contribution is 0.0953. The van der Waals surface area contributed by atoms with Crippen LogP contribution in [0, 0.1) is 0 Å². The summed E-state index contributed by atoms with van der Waals surface area (Å²) in [5, 5.41) is 0. The van der Waals surface area contributed by atoms with Gasteiger partial charge in [0, 0.05) is 5.56 Å². The van der Waals surface area contributed by atoms with E-state index in [-0.39, 0.29) is 5.91 Å². The van der Waals surface area contributed by atoms with Crippen LogP contribution in [0.1, 0.15) is 15.9 Å². The standard InChI is InChI=1S/C15H16N2O3/c1-19-13-8-7-12(15(18)17-16)9-14(13)20-10-11-5-3-2-4-6-11/h2-9H,10,16H2,1H3,(H,17,18). The van der Waals surface area contributed by atoms with Gasteiger partial charge in [-0.2, -0.15) is 0 Å². The summed E-state index contributed by atoms with van der Waals surface area (Å²) in [5.41, 5.74) is 3.53. The SMILES string of the molecule is COc1ccc(C(=O)NN)cc1OCc1ccccc1. The van der Waals surface area contributed by atoms with E-state index in [1.165, 1.54) is 0 Å². The molecule has 5 heteroatoms. The van der Waals surface area contributed by atoms with Crippen LogP contribution in [-0.4, -0.2) is 13.0 Å².